The van der Waals surface area contributed by atoms with Gasteiger partial charge in [0.25, 0.3) is 0 Å². The molecule has 0 spiro atoms. The van der Waals surface area contributed by atoms with Gasteiger partial charge >= 0.3 is 0 Å². The number of halogens is 1. The number of carbonyl (C=O) groups is 2. The van der Waals surface area contributed by atoms with Crippen LogP contribution >= 0.6 is 0 Å². The molecule has 0 heterocycles. The Bertz CT molecular complexity index is 735. The SMILES string of the molecule is C[C@@H](CCc1ccccc1)NC(=O)CN(C)CC(=O)Nc1ccc(F)cc1. The second kappa shape index (κ2) is 10.4. The number of rotatable bonds is 9. The Morgan fingerprint density at radius 3 is 2.30 bits per heavy atom. The lowest BCUT2D eigenvalue weighted by Gasteiger charge is -2.19. The van der Waals surface area contributed by atoms with Crippen LogP contribution in [0.4, 0.5) is 10.1 Å². The molecule has 0 aromatic heterocycles. The van der Waals surface area contributed by atoms with Crippen LogP contribution in [0, 0.1) is 5.82 Å². The molecule has 2 N–H and O–H groups in total. The highest BCUT2D eigenvalue weighted by atomic mass is 19.1. The topological polar surface area (TPSA) is 61.4 Å². The molecule has 2 rings (SSSR count). The Labute approximate surface area is 159 Å². The van der Waals surface area contributed by atoms with E-state index in [0.717, 1.165) is 12.8 Å². The fourth-order valence-corrected chi connectivity index (χ4v) is 2.70. The summed E-state index contributed by atoms with van der Waals surface area (Å²) in [7, 11) is 1.71. The molecule has 1 atom stereocenters. The molecule has 6 heteroatoms. The number of aryl methyl sites for hydroxylation is 1. The summed E-state index contributed by atoms with van der Waals surface area (Å²) in [4.78, 5) is 25.8. The third-order valence-corrected chi connectivity index (χ3v) is 4.07. The van der Waals surface area contributed by atoms with Gasteiger partial charge in [-0.25, -0.2) is 4.39 Å². The number of amides is 2. The molecule has 0 saturated heterocycles. The molecule has 0 radical (unpaired) electrons. The number of carbonyl (C=O) groups excluding carboxylic acids is 2. The summed E-state index contributed by atoms with van der Waals surface area (Å²) in [6.07, 6.45) is 1.75. The number of likely N-dealkylation sites (N-methyl/N-ethyl adjacent to an activating group) is 1. The lowest BCUT2D eigenvalue weighted by Crippen LogP contribution is -2.42. The van der Waals surface area contributed by atoms with Gasteiger partial charge in [-0.15, -0.1) is 0 Å². The predicted molar refractivity (Wildman–Crippen MR) is 105 cm³/mol. The summed E-state index contributed by atoms with van der Waals surface area (Å²) in [6.45, 7) is 2.18. The van der Waals surface area contributed by atoms with E-state index in [2.05, 4.69) is 22.8 Å². The van der Waals surface area contributed by atoms with Crippen LogP contribution in [0.5, 0.6) is 0 Å². The zero-order valence-corrected chi connectivity index (χ0v) is 15.7. The first-order valence-electron chi connectivity index (χ1n) is 8.99. The van der Waals surface area contributed by atoms with Gasteiger partial charge < -0.3 is 10.6 Å². The van der Waals surface area contributed by atoms with Gasteiger partial charge in [-0.3, -0.25) is 14.5 Å². The highest BCUT2D eigenvalue weighted by Gasteiger charge is 2.13. The lowest BCUT2D eigenvalue weighted by molar-refractivity contribution is -0.123. The number of benzene rings is 2. The minimum Gasteiger partial charge on any atom is -0.353 e. The summed E-state index contributed by atoms with van der Waals surface area (Å²) in [6, 6.07) is 15.7. The van der Waals surface area contributed by atoms with E-state index in [4.69, 9.17) is 0 Å². The van der Waals surface area contributed by atoms with Crippen molar-refractivity contribution in [2.45, 2.75) is 25.8 Å². The first-order chi connectivity index (χ1) is 12.9. The Morgan fingerprint density at radius 2 is 1.63 bits per heavy atom. The van der Waals surface area contributed by atoms with Crippen LogP contribution < -0.4 is 10.6 Å². The molecule has 2 amide bonds. The quantitative estimate of drug-likeness (QED) is 0.713. The Kier molecular flexibility index (Phi) is 7.95. The van der Waals surface area contributed by atoms with E-state index in [-0.39, 0.29) is 36.8 Å². The molecular formula is C21H26FN3O2. The van der Waals surface area contributed by atoms with E-state index in [1.54, 1.807) is 11.9 Å². The highest BCUT2D eigenvalue weighted by molar-refractivity contribution is 5.92. The van der Waals surface area contributed by atoms with Crippen LogP contribution in [0.15, 0.2) is 54.6 Å². The standard InChI is InChI=1S/C21H26FN3O2/c1-16(8-9-17-6-4-3-5-7-17)23-20(26)14-25(2)15-21(27)24-19-12-10-18(22)11-13-19/h3-7,10-13,16H,8-9,14-15H2,1-2H3,(H,23,26)(H,24,27)/t16-/m0/s1. The second-order valence-corrected chi connectivity index (χ2v) is 6.72. The summed E-state index contributed by atoms with van der Waals surface area (Å²) in [5.41, 5.74) is 1.77. The van der Waals surface area contributed by atoms with E-state index in [1.165, 1.54) is 29.8 Å². The van der Waals surface area contributed by atoms with Crippen molar-refractivity contribution in [1.29, 1.82) is 0 Å². The van der Waals surface area contributed by atoms with Crippen molar-refractivity contribution in [2.75, 3.05) is 25.5 Å². The number of anilines is 1. The average molecular weight is 371 g/mol. The molecule has 2 aromatic carbocycles. The zero-order valence-electron chi connectivity index (χ0n) is 15.7. The van der Waals surface area contributed by atoms with Gasteiger partial charge in [-0.2, -0.15) is 0 Å². The molecule has 5 nitrogen and oxygen atoms in total. The average Bonchev–Trinajstić information content (AvgIpc) is 2.62. The fraction of sp³-hybridized carbons (Fsp3) is 0.333. The molecule has 0 bridgehead atoms. The molecule has 0 fully saturated rings. The van der Waals surface area contributed by atoms with Gasteiger partial charge in [0.1, 0.15) is 5.82 Å². The van der Waals surface area contributed by atoms with Gasteiger partial charge in [0.15, 0.2) is 0 Å². The zero-order chi connectivity index (χ0) is 19.6. The molecule has 0 aliphatic carbocycles. The minimum atomic E-state index is -0.358. The maximum atomic E-state index is 12.9. The molecule has 27 heavy (non-hydrogen) atoms. The van der Waals surface area contributed by atoms with Crippen molar-refractivity contribution < 1.29 is 14.0 Å². The molecule has 0 aliphatic heterocycles. The lowest BCUT2D eigenvalue weighted by atomic mass is 10.1. The van der Waals surface area contributed by atoms with E-state index in [1.807, 2.05) is 25.1 Å². The third kappa shape index (κ3) is 8.00. The van der Waals surface area contributed by atoms with Crippen LogP contribution in [0.2, 0.25) is 0 Å². The molecular weight excluding hydrogens is 345 g/mol. The summed E-state index contributed by atoms with van der Waals surface area (Å²) >= 11 is 0. The normalized spacial score (nSPS) is 11.9. The van der Waals surface area contributed by atoms with Crippen molar-refractivity contribution in [1.82, 2.24) is 10.2 Å². The Hall–Kier alpha value is -2.73. The van der Waals surface area contributed by atoms with Gasteiger partial charge in [-0.1, -0.05) is 30.3 Å². The van der Waals surface area contributed by atoms with Crippen molar-refractivity contribution in [3.63, 3.8) is 0 Å². The number of hydrogen-bond donors (Lipinski definition) is 2. The Balaban J connectivity index is 1.67. The monoisotopic (exact) mass is 371 g/mol. The number of nitrogens with one attached hydrogen (secondary N) is 2. The van der Waals surface area contributed by atoms with E-state index in [0.29, 0.717) is 5.69 Å². The van der Waals surface area contributed by atoms with Crippen molar-refractivity contribution >= 4 is 17.5 Å². The smallest absolute Gasteiger partial charge is 0.238 e. The molecule has 0 unspecified atom stereocenters. The van der Waals surface area contributed by atoms with Crippen LogP contribution in [0.3, 0.4) is 0 Å². The first-order valence-corrected chi connectivity index (χ1v) is 8.99. The third-order valence-electron chi connectivity index (χ3n) is 4.07. The van der Waals surface area contributed by atoms with Crippen molar-refractivity contribution in [3.05, 3.63) is 66.0 Å². The Morgan fingerprint density at radius 1 is 1.00 bits per heavy atom. The number of nitrogens with zero attached hydrogens (tertiary/aromatic N) is 1. The summed E-state index contributed by atoms with van der Waals surface area (Å²) < 4.78 is 12.9. The molecule has 0 aliphatic rings. The number of hydrogen-bond acceptors (Lipinski definition) is 3. The predicted octanol–water partition coefficient (Wildman–Crippen LogP) is 2.83. The van der Waals surface area contributed by atoms with Crippen molar-refractivity contribution in [2.24, 2.45) is 0 Å². The molecule has 2 aromatic rings. The fourth-order valence-electron chi connectivity index (χ4n) is 2.70. The highest BCUT2D eigenvalue weighted by Crippen LogP contribution is 2.08. The molecule has 144 valence electrons. The maximum absolute atomic E-state index is 12.9. The van der Waals surface area contributed by atoms with Crippen LogP contribution in [-0.2, 0) is 16.0 Å². The van der Waals surface area contributed by atoms with E-state index in [9.17, 15) is 14.0 Å². The van der Waals surface area contributed by atoms with Gasteiger partial charge in [0, 0.05) is 11.7 Å². The van der Waals surface area contributed by atoms with Gasteiger partial charge in [-0.05, 0) is 56.6 Å². The minimum absolute atomic E-state index is 0.0548. The summed E-state index contributed by atoms with van der Waals surface area (Å²) in [5, 5.41) is 5.63. The second-order valence-electron chi connectivity index (χ2n) is 6.72. The van der Waals surface area contributed by atoms with E-state index >= 15 is 0 Å². The van der Waals surface area contributed by atoms with Crippen LogP contribution in [-0.4, -0.2) is 42.9 Å². The first kappa shape index (κ1) is 20.6. The van der Waals surface area contributed by atoms with Crippen LogP contribution in [0.25, 0.3) is 0 Å². The van der Waals surface area contributed by atoms with Gasteiger partial charge in [0.2, 0.25) is 11.8 Å². The maximum Gasteiger partial charge on any atom is 0.238 e. The van der Waals surface area contributed by atoms with Gasteiger partial charge in [0.05, 0.1) is 13.1 Å². The largest absolute Gasteiger partial charge is 0.353 e. The van der Waals surface area contributed by atoms with Crippen molar-refractivity contribution in [3.8, 4) is 0 Å². The van der Waals surface area contributed by atoms with Crippen LogP contribution in [0.1, 0.15) is 18.9 Å². The van der Waals surface area contributed by atoms with E-state index < -0.39 is 0 Å². The molecule has 0 saturated carbocycles. The summed E-state index contributed by atoms with van der Waals surface area (Å²) in [5.74, 6) is -0.732.